The van der Waals surface area contributed by atoms with Crippen molar-refractivity contribution in [2.75, 3.05) is 14.2 Å². The zero-order valence-corrected chi connectivity index (χ0v) is 12.3. The maximum Gasteiger partial charge on any atom is 0.123 e. The van der Waals surface area contributed by atoms with E-state index in [9.17, 15) is 4.39 Å². The summed E-state index contributed by atoms with van der Waals surface area (Å²) in [4.78, 5) is 0. The first-order valence-corrected chi connectivity index (χ1v) is 6.64. The normalized spacial score (nSPS) is 12.2. The van der Waals surface area contributed by atoms with Crippen LogP contribution in [0.1, 0.15) is 28.3 Å². The highest BCUT2D eigenvalue weighted by molar-refractivity contribution is 5.45. The fourth-order valence-electron chi connectivity index (χ4n) is 2.52. The van der Waals surface area contributed by atoms with Gasteiger partial charge >= 0.3 is 0 Å². The number of nitrogens with one attached hydrogen (secondary N) is 1. The van der Waals surface area contributed by atoms with Crippen LogP contribution in [0.15, 0.2) is 36.4 Å². The highest BCUT2D eigenvalue weighted by Crippen LogP contribution is 2.32. The summed E-state index contributed by atoms with van der Waals surface area (Å²) in [7, 11) is 3.56. The molecule has 0 saturated heterocycles. The van der Waals surface area contributed by atoms with Crippen molar-refractivity contribution >= 4 is 0 Å². The third-order valence-corrected chi connectivity index (χ3v) is 3.53. The first-order chi connectivity index (χ1) is 9.56. The van der Waals surface area contributed by atoms with Crippen molar-refractivity contribution in [3.8, 4) is 5.75 Å². The summed E-state index contributed by atoms with van der Waals surface area (Å²) < 4.78 is 18.7. The smallest absolute Gasteiger partial charge is 0.123 e. The predicted molar refractivity (Wildman–Crippen MR) is 79.8 cm³/mol. The minimum atomic E-state index is -0.211. The molecule has 2 rings (SSSR count). The predicted octanol–water partition coefficient (Wildman–Crippen LogP) is 3.76. The van der Waals surface area contributed by atoms with Gasteiger partial charge in [0, 0.05) is 5.56 Å². The molecular formula is C17H20FNO. The van der Waals surface area contributed by atoms with Gasteiger partial charge < -0.3 is 10.1 Å². The lowest BCUT2D eigenvalue weighted by Gasteiger charge is -2.22. The van der Waals surface area contributed by atoms with Crippen LogP contribution in [0, 0.1) is 19.7 Å². The van der Waals surface area contributed by atoms with Gasteiger partial charge in [-0.15, -0.1) is 0 Å². The topological polar surface area (TPSA) is 21.3 Å². The van der Waals surface area contributed by atoms with E-state index in [1.165, 1.54) is 11.6 Å². The first kappa shape index (κ1) is 14.5. The molecule has 2 aromatic rings. The van der Waals surface area contributed by atoms with Gasteiger partial charge in [0.05, 0.1) is 13.2 Å². The Morgan fingerprint density at radius 3 is 2.40 bits per heavy atom. The van der Waals surface area contributed by atoms with Crippen molar-refractivity contribution in [3.05, 3.63) is 64.5 Å². The lowest BCUT2D eigenvalue weighted by Crippen LogP contribution is -2.19. The van der Waals surface area contributed by atoms with Crippen LogP contribution in [0.4, 0.5) is 4.39 Å². The van der Waals surface area contributed by atoms with Gasteiger partial charge in [-0.2, -0.15) is 0 Å². The zero-order valence-electron chi connectivity index (χ0n) is 12.3. The fourth-order valence-corrected chi connectivity index (χ4v) is 2.52. The molecule has 0 fully saturated rings. The number of aryl methyl sites for hydroxylation is 2. The van der Waals surface area contributed by atoms with Gasteiger partial charge in [0.15, 0.2) is 0 Å². The number of benzene rings is 2. The minimum Gasteiger partial charge on any atom is -0.496 e. The molecule has 0 heterocycles. The molecule has 1 atom stereocenters. The van der Waals surface area contributed by atoms with Crippen LogP contribution < -0.4 is 10.1 Å². The Labute approximate surface area is 119 Å². The lowest BCUT2D eigenvalue weighted by atomic mass is 9.93. The summed E-state index contributed by atoms with van der Waals surface area (Å²) in [6.45, 7) is 3.97. The molecule has 0 saturated carbocycles. The summed E-state index contributed by atoms with van der Waals surface area (Å²) in [6, 6.07) is 10.9. The molecule has 0 aliphatic rings. The van der Waals surface area contributed by atoms with Crippen LogP contribution in [0.2, 0.25) is 0 Å². The summed E-state index contributed by atoms with van der Waals surface area (Å²) in [5.74, 6) is 0.621. The van der Waals surface area contributed by atoms with Crippen molar-refractivity contribution < 1.29 is 9.13 Å². The first-order valence-electron chi connectivity index (χ1n) is 6.64. The van der Waals surface area contributed by atoms with E-state index in [1.54, 1.807) is 13.2 Å². The van der Waals surface area contributed by atoms with Gasteiger partial charge in [0.25, 0.3) is 0 Å². The number of halogens is 1. The average molecular weight is 273 g/mol. The number of rotatable bonds is 4. The van der Waals surface area contributed by atoms with E-state index in [0.717, 1.165) is 22.4 Å². The van der Waals surface area contributed by atoms with Crippen LogP contribution in [-0.2, 0) is 0 Å². The summed E-state index contributed by atoms with van der Waals surface area (Å²) in [6.07, 6.45) is 0. The molecular weight excluding hydrogens is 253 g/mol. The van der Waals surface area contributed by atoms with Crippen molar-refractivity contribution in [1.82, 2.24) is 5.32 Å². The molecule has 0 aliphatic heterocycles. The molecule has 0 aromatic heterocycles. The maximum absolute atomic E-state index is 13.3. The molecule has 0 spiro atoms. The van der Waals surface area contributed by atoms with Crippen molar-refractivity contribution in [2.24, 2.45) is 0 Å². The molecule has 2 nitrogen and oxygen atoms in total. The second-order valence-corrected chi connectivity index (χ2v) is 4.97. The van der Waals surface area contributed by atoms with E-state index in [2.05, 4.69) is 11.4 Å². The van der Waals surface area contributed by atoms with Gasteiger partial charge in [-0.25, -0.2) is 4.39 Å². The summed E-state index contributed by atoms with van der Waals surface area (Å²) >= 11 is 0. The van der Waals surface area contributed by atoms with E-state index in [1.807, 2.05) is 39.1 Å². The molecule has 0 radical (unpaired) electrons. The summed E-state index contributed by atoms with van der Waals surface area (Å²) in [5.41, 5.74) is 4.20. The number of methoxy groups -OCH3 is 1. The Morgan fingerprint density at radius 1 is 1.05 bits per heavy atom. The van der Waals surface area contributed by atoms with Gasteiger partial charge in [-0.05, 0) is 50.2 Å². The van der Waals surface area contributed by atoms with Gasteiger partial charge in [-0.3, -0.25) is 0 Å². The van der Waals surface area contributed by atoms with E-state index < -0.39 is 0 Å². The molecule has 3 heteroatoms. The number of hydrogen-bond donors (Lipinski definition) is 1. The Kier molecular flexibility index (Phi) is 4.40. The second kappa shape index (κ2) is 6.06. The standard InChI is InChI=1S/C17H20FNO/c1-11-5-8-16(20-4)15(9-11)17(19-3)14-7-6-13(18)10-12(14)2/h5-10,17,19H,1-4H3. The van der Waals surface area contributed by atoms with Gasteiger partial charge in [0.1, 0.15) is 11.6 Å². The van der Waals surface area contributed by atoms with E-state index in [-0.39, 0.29) is 11.9 Å². The van der Waals surface area contributed by atoms with Crippen LogP contribution in [0.25, 0.3) is 0 Å². The Balaban J connectivity index is 2.54. The largest absolute Gasteiger partial charge is 0.496 e. The monoisotopic (exact) mass is 273 g/mol. The Morgan fingerprint density at radius 2 is 1.80 bits per heavy atom. The molecule has 20 heavy (non-hydrogen) atoms. The minimum absolute atomic E-state index is 0.0227. The Bertz CT molecular complexity index is 610. The highest BCUT2D eigenvalue weighted by atomic mass is 19.1. The third-order valence-electron chi connectivity index (χ3n) is 3.53. The van der Waals surface area contributed by atoms with Crippen LogP contribution in [0.3, 0.4) is 0 Å². The quantitative estimate of drug-likeness (QED) is 0.915. The van der Waals surface area contributed by atoms with E-state index in [4.69, 9.17) is 4.74 Å². The Hall–Kier alpha value is -1.87. The highest BCUT2D eigenvalue weighted by Gasteiger charge is 2.18. The van der Waals surface area contributed by atoms with Gasteiger partial charge in [0.2, 0.25) is 0 Å². The van der Waals surface area contributed by atoms with Crippen molar-refractivity contribution in [2.45, 2.75) is 19.9 Å². The van der Waals surface area contributed by atoms with Crippen LogP contribution >= 0.6 is 0 Å². The molecule has 0 amide bonds. The van der Waals surface area contributed by atoms with Crippen molar-refractivity contribution in [3.63, 3.8) is 0 Å². The number of hydrogen-bond acceptors (Lipinski definition) is 2. The summed E-state index contributed by atoms with van der Waals surface area (Å²) in [5, 5.41) is 3.29. The lowest BCUT2D eigenvalue weighted by molar-refractivity contribution is 0.405. The van der Waals surface area contributed by atoms with Crippen LogP contribution in [0.5, 0.6) is 5.75 Å². The SMILES string of the molecule is CNC(c1ccc(F)cc1C)c1cc(C)ccc1OC. The molecule has 106 valence electrons. The second-order valence-electron chi connectivity index (χ2n) is 4.97. The molecule has 1 N–H and O–H groups in total. The third kappa shape index (κ3) is 2.83. The zero-order chi connectivity index (χ0) is 14.7. The van der Waals surface area contributed by atoms with Crippen LogP contribution in [-0.4, -0.2) is 14.2 Å². The maximum atomic E-state index is 13.3. The number of ether oxygens (including phenoxy) is 1. The molecule has 0 aliphatic carbocycles. The van der Waals surface area contributed by atoms with E-state index >= 15 is 0 Å². The molecule has 1 unspecified atom stereocenters. The molecule has 2 aromatic carbocycles. The fraction of sp³-hybridized carbons (Fsp3) is 0.294. The van der Waals surface area contributed by atoms with E-state index in [0.29, 0.717) is 0 Å². The molecule has 0 bridgehead atoms. The van der Waals surface area contributed by atoms with Gasteiger partial charge in [-0.1, -0.05) is 23.8 Å². The van der Waals surface area contributed by atoms with Crippen molar-refractivity contribution in [1.29, 1.82) is 0 Å². The average Bonchev–Trinajstić information content (AvgIpc) is 2.42.